The van der Waals surface area contributed by atoms with Crippen LogP contribution < -0.4 is 5.32 Å². The molecule has 1 aliphatic rings. The molecule has 6 nitrogen and oxygen atoms in total. The molecule has 6 heteroatoms. The molecule has 3 aromatic carbocycles. The minimum Gasteiger partial charge on any atom is -0.343 e. The summed E-state index contributed by atoms with van der Waals surface area (Å²) in [5.74, 6) is -0.415. The molecule has 0 bridgehead atoms. The van der Waals surface area contributed by atoms with Crippen LogP contribution in [0, 0.1) is 0 Å². The molecule has 0 aliphatic carbocycles. The SMILES string of the molecule is CC(C(=O)Nc1cccnc1)N1C(=O)c2ccccc2C1c1c(-c2ccccc2)n(C)c2ccccc12. The van der Waals surface area contributed by atoms with Crippen LogP contribution in [0.3, 0.4) is 0 Å². The second-order valence-corrected chi connectivity index (χ2v) is 9.31. The Morgan fingerprint density at radius 3 is 2.43 bits per heavy atom. The Labute approximate surface area is 215 Å². The molecule has 2 unspecified atom stereocenters. The van der Waals surface area contributed by atoms with Crippen molar-refractivity contribution in [3.05, 3.63) is 120 Å². The molecule has 0 radical (unpaired) electrons. The third-order valence-corrected chi connectivity index (χ3v) is 7.19. The minimum absolute atomic E-state index is 0.151. The van der Waals surface area contributed by atoms with Crippen molar-refractivity contribution in [3.63, 3.8) is 0 Å². The summed E-state index contributed by atoms with van der Waals surface area (Å²) in [7, 11) is 2.06. The molecule has 37 heavy (non-hydrogen) atoms. The number of anilines is 1. The Morgan fingerprint density at radius 1 is 0.919 bits per heavy atom. The van der Waals surface area contributed by atoms with Crippen LogP contribution >= 0.6 is 0 Å². The Balaban J connectivity index is 1.56. The van der Waals surface area contributed by atoms with Crippen LogP contribution in [-0.2, 0) is 11.8 Å². The zero-order valence-corrected chi connectivity index (χ0v) is 20.6. The zero-order chi connectivity index (χ0) is 25.5. The number of aryl methyl sites for hydroxylation is 1. The van der Waals surface area contributed by atoms with Crippen LogP contribution in [-0.4, -0.2) is 32.3 Å². The quantitative estimate of drug-likeness (QED) is 0.341. The lowest BCUT2D eigenvalue weighted by atomic mass is 9.92. The Bertz CT molecular complexity index is 1630. The molecule has 182 valence electrons. The highest BCUT2D eigenvalue weighted by Crippen LogP contribution is 2.47. The summed E-state index contributed by atoms with van der Waals surface area (Å²) in [5, 5.41) is 3.98. The third kappa shape index (κ3) is 3.69. The Kier molecular flexibility index (Phi) is 5.57. The molecule has 0 fully saturated rings. The van der Waals surface area contributed by atoms with Gasteiger partial charge in [-0.1, -0.05) is 66.7 Å². The number of hydrogen-bond acceptors (Lipinski definition) is 3. The van der Waals surface area contributed by atoms with Gasteiger partial charge in [0.25, 0.3) is 5.91 Å². The molecule has 0 spiro atoms. The van der Waals surface area contributed by atoms with Crippen molar-refractivity contribution < 1.29 is 9.59 Å². The predicted molar refractivity (Wildman–Crippen MR) is 145 cm³/mol. The lowest BCUT2D eigenvalue weighted by Crippen LogP contribution is -2.44. The summed E-state index contributed by atoms with van der Waals surface area (Å²) in [6, 6.07) is 28.5. The Hall–Kier alpha value is -4.71. The van der Waals surface area contributed by atoms with Crippen molar-refractivity contribution in [2.45, 2.75) is 19.0 Å². The first-order valence-corrected chi connectivity index (χ1v) is 12.3. The first-order valence-electron chi connectivity index (χ1n) is 12.3. The number of nitrogens with one attached hydrogen (secondary N) is 1. The van der Waals surface area contributed by atoms with Crippen LogP contribution in [0.15, 0.2) is 103 Å². The van der Waals surface area contributed by atoms with Crippen molar-refractivity contribution in [1.29, 1.82) is 0 Å². The molecule has 6 rings (SSSR count). The number of amides is 2. The number of hydrogen-bond donors (Lipinski definition) is 1. The minimum atomic E-state index is -0.729. The molecule has 3 heterocycles. The lowest BCUT2D eigenvalue weighted by Gasteiger charge is -2.31. The number of benzene rings is 3. The van der Waals surface area contributed by atoms with E-state index in [0.29, 0.717) is 11.3 Å². The van der Waals surface area contributed by atoms with Gasteiger partial charge in [0.2, 0.25) is 5.91 Å². The van der Waals surface area contributed by atoms with E-state index in [-0.39, 0.29) is 11.8 Å². The molecule has 0 saturated heterocycles. The average molecular weight is 487 g/mol. The molecule has 2 amide bonds. The summed E-state index contributed by atoms with van der Waals surface area (Å²) in [6.45, 7) is 1.79. The molecular formula is C31H26N4O2. The first-order chi connectivity index (χ1) is 18.1. The standard InChI is InChI=1S/C31H26N4O2/c1-20(30(36)33-22-13-10-18-32-19-22)35-29(23-14-6-7-15-24(23)31(35)37)27-25-16-8-9-17-26(25)34(2)28(27)21-11-4-3-5-12-21/h3-20,29H,1-2H3,(H,33,36). The van der Waals surface area contributed by atoms with Crippen molar-refractivity contribution in [2.75, 3.05) is 5.32 Å². The molecule has 0 saturated carbocycles. The normalized spacial score (nSPS) is 15.6. The van der Waals surface area contributed by atoms with Crippen molar-refractivity contribution >= 4 is 28.4 Å². The summed E-state index contributed by atoms with van der Waals surface area (Å²) in [4.78, 5) is 33.2. The van der Waals surface area contributed by atoms with Crippen LogP contribution in [0.25, 0.3) is 22.2 Å². The van der Waals surface area contributed by atoms with Gasteiger partial charge in [0.1, 0.15) is 6.04 Å². The summed E-state index contributed by atoms with van der Waals surface area (Å²) in [6.07, 6.45) is 3.25. The van der Waals surface area contributed by atoms with Gasteiger partial charge >= 0.3 is 0 Å². The van der Waals surface area contributed by atoms with E-state index in [2.05, 4.69) is 46.2 Å². The molecule has 5 aromatic rings. The number of nitrogens with zero attached hydrogens (tertiary/aromatic N) is 3. The largest absolute Gasteiger partial charge is 0.343 e. The number of aromatic nitrogens is 2. The predicted octanol–water partition coefficient (Wildman–Crippen LogP) is 5.81. The average Bonchev–Trinajstić information content (AvgIpc) is 3.40. The van der Waals surface area contributed by atoms with E-state index < -0.39 is 12.1 Å². The van der Waals surface area contributed by atoms with Crippen LogP contribution in [0.1, 0.15) is 34.5 Å². The summed E-state index contributed by atoms with van der Waals surface area (Å²) < 4.78 is 2.18. The Morgan fingerprint density at radius 2 is 1.65 bits per heavy atom. The van der Waals surface area contributed by atoms with Crippen LogP contribution in [0.5, 0.6) is 0 Å². The van der Waals surface area contributed by atoms with E-state index in [1.807, 2.05) is 54.6 Å². The number of fused-ring (bicyclic) bond motifs is 2. The second-order valence-electron chi connectivity index (χ2n) is 9.31. The number of rotatable bonds is 5. The van der Waals surface area contributed by atoms with Gasteiger partial charge in [-0.3, -0.25) is 14.6 Å². The highest BCUT2D eigenvalue weighted by molar-refractivity contribution is 6.06. The van der Waals surface area contributed by atoms with E-state index in [4.69, 9.17) is 0 Å². The molecular weight excluding hydrogens is 460 g/mol. The smallest absolute Gasteiger partial charge is 0.255 e. The second kappa shape index (κ2) is 9.06. The van der Waals surface area contributed by atoms with Gasteiger partial charge in [-0.05, 0) is 42.3 Å². The number of pyridine rings is 1. The van der Waals surface area contributed by atoms with Gasteiger partial charge in [0, 0.05) is 35.3 Å². The summed E-state index contributed by atoms with van der Waals surface area (Å²) >= 11 is 0. The van der Waals surface area contributed by atoms with Gasteiger partial charge in [-0.25, -0.2) is 0 Å². The highest BCUT2D eigenvalue weighted by Gasteiger charge is 2.44. The molecule has 2 atom stereocenters. The van der Waals surface area contributed by atoms with E-state index in [1.165, 1.54) is 0 Å². The maximum absolute atomic E-state index is 13.9. The topological polar surface area (TPSA) is 67.2 Å². The fourth-order valence-electron chi connectivity index (χ4n) is 5.48. The molecule has 2 aromatic heterocycles. The van der Waals surface area contributed by atoms with E-state index in [0.717, 1.165) is 33.3 Å². The monoisotopic (exact) mass is 486 g/mol. The van der Waals surface area contributed by atoms with E-state index >= 15 is 0 Å². The first kappa shape index (κ1) is 22.7. The maximum atomic E-state index is 13.9. The van der Waals surface area contributed by atoms with Crippen LogP contribution in [0.4, 0.5) is 5.69 Å². The van der Waals surface area contributed by atoms with E-state index in [1.54, 1.807) is 36.4 Å². The maximum Gasteiger partial charge on any atom is 0.255 e. The van der Waals surface area contributed by atoms with Gasteiger partial charge in [-0.2, -0.15) is 0 Å². The highest BCUT2D eigenvalue weighted by atomic mass is 16.2. The fraction of sp³-hybridized carbons (Fsp3) is 0.129. The molecule has 1 N–H and O–H groups in total. The van der Waals surface area contributed by atoms with Gasteiger partial charge in [0.15, 0.2) is 0 Å². The lowest BCUT2D eigenvalue weighted by molar-refractivity contribution is -0.120. The number of carbonyl (C=O) groups is 2. The van der Waals surface area contributed by atoms with Crippen molar-refractivity contribution in [3.8, 4) is 11.3 Å². The number of carbonyl (C=O) groups excluding carboxylic acids is 2. The van der Waals surface area contributed by atoms with Crippen LogP contribution in [0.2, 0.25) is 0 Å². The van der Waals surface area contributed by atoms with Crippen molar-refractivity contribution in [2.24, 2.45) is 7.05 Å². The number of para-hydroxylation sites is 1. The van der Waals surface area contributed by atoms with E-state index in [9.17, 15) is 9.59 Å². The fourth-order valence-corrected chi connectivity index (χ4v) is 5.48. The summed E-state index contributed by atoms with van der Waals surface area (Å²) in [5.41, 5.74) is 6.29. The zero-order valence-electron chi connectivity index (χ0n) is 20.6. The van der Waals surface area contributed by atoms with Gasteiger partial charge in [0.05, 0.1) is 23.6 Å². The molecule has 1 aliphatic heterocycles. The van der Waals surface area contributed by atoms with Gasteiger partial charge in [-0.15, -0.1) is 0 Å². The van der Waals surface area contributed by atoms with Crippen molar-refractivity contribution in [1.82, 2.24) is 14.5 Å². The van der Waals surface area contributed by atoms with Gasteiger partial charge < -0.3 is 14.8 Å². The third-order valence-electron chi connectivity index (χ3n) is 7.19.